The Labute approximate surface area is 186 Å². The predicted octanol–water partition coefficient (Wildman–Crippen LogP) is 3.87. The van der Waals surface area contributed by atoms with Gasteiger partial charge in [0.05, 0.1) is 23.4 Å². The van der Waals surface area contributed by atoms with Crippen molar-refractivity contribution in [1.29, 1.82) is 0 Å². The molecule has 0 saturated carbocycles. The van der Waals surface area contributed by atoms with Crippen LogP contribution in [0.4, 0.5) is 11.4 Å². The molecule has 2 N–H and O–H groups in total. The van der Waals surface area contributed by atoms with E-state index in [9.17, 15) is 14.4 Å². The molecule has 1 saturated heterocycles. The Hall–Kier alpha value is -3.06. The van der Waals surface area contributed by atoms with Crippen molar-refractivity contribution in [3.8, 4) is 5.75 Å². The van der Waals surface area contributed by atoms with E-state index in [1.807, 2.05) is 13.8 Å². The van der Waals surface area contributed by atoms with Gasteiger partial charge in [-0.05, 0) is 36.6 Å². The summed E-state index contributed by atoms with van der Waals surface area (Å²) in [6, 6.07) is 11.1. The molecule has 7 nitrogen and oxygen atoms in total. The van der Waals surface area contributed by atoms with Gasteiger partial charge in [-0.25, -0.2) is 0 Å². The van der Waals surface area contributed by atoms with E-state index in [0.29, 0.717) is 40.7 Å². The van der Waals surface area contributed by atoms with Gasteiger partial charge in [0.15, 0.2) is 0 Å². The molecular weight excluding hydrogens is 418 g/mol. The highest BCUT2D eigenvalue weighted by Gasteiger charge is 2.27. The van der Waals surface area contributed by atoms with Gasteiger partial charge in [0.25, 0.3) is 5.91 Å². The van der Waals surface area contributed by atoms with Crippen LogP contribution >= 0.6 is 11.6 Å². The fourth-order valence-corrected chi connectivity index (χ4v) is 3.72. The van der Waals surface area contributed by atoms with E-state index in [-0.39, 0.29) is 17.7 Å². The first-order chi connectivity index (χ1) is 14.8. The smallest absolute Gasteiger partial charge is 0.253 e. The Kier molecular flexibility index (Phi) is 7.17. The van der Waals surface area contributed by atoms with Crippen LogP contribution in [0.1, 0.15) is 37.0 Å². The van der Waals surface area contributed by atoms with Gasteiger partial charge in [-0.1, -0.05) is 37.6 Å². The maximum absolute atomic E-state index is 12.9. The average molecular weight is 444 g/mol. The maximum Gasteiger partial charge on any atom is 0.253 e. The first kappa shape index (κ1) is 22.6. The van der Waals surface area contributed by atoms with Crippen molar-refractivity contribution in [3.63, 3.8) is 0 Å². The highest BCUT2D eigenvalue weighted by molar-refractivity contribution is 6.33. The Morgan fingerprint density at radius 3 is 2.52 bits per heavy atom. The molecule has 0 bridgehead atoms. The molecule has 0 spiro atoms. The van der Waals surface area contributed by atoms with Gasteiger partial charge in [0.1, 0.15) is 11.8 Å². The lowest BCUT2D eigenvalue weighted by Gasteiger charge is -2.23. The first-order valence-electron chi connectivity index (χ1n) is 10.2. The fraction of sp³-hybridized carbons (Fsp3) is 0.348. The molecule has 3 rings (SSSR count). The number of carbonyl (C=O) groups excluding carboxylic acids is 3. The lowest BCUT2D eigenvalue weighted by molar-refractivity contribution is -0.119. The second-order valence-electron chi connectivity index (χ2n) is 7.70. The zero-order valence-electron chi connectivity index (χ0n) is 17.8. The van der Waals surface area contributed by atoms with Crippen molar-refractivity contribution < 1.29 is 19.1 Å². The van der Waals surface area contributed by atoms with E-state index in [1.54, 1.807) is 47.4 Å². The maximum atomic E-state index is 12.9. The normalized spacial score (nSPS) is 14.5. The van der Waals surface area contributed by atoms with E-state index in [1.165, 1.54) is 7.11 Å². The van der Waals surface area contributed by atoms with Crippen LogP contribution in [0.2, 0.25) is 5.02 Å². The van der Waals surface area contributed by atoms with E-state index in [4.69, 9.17) is 16.3 Å². The van der Waals surface area contributed by atoms with E-state index in [0.717, 1.165) is 6.42 Å². The minimum atomic E-state index is -0.769. The van der Waals surface area contributed by atoms with Crippen LogP contribution in [-0.4, -0.2) is 37.4 Å². The van der Waals surface area contributed by atoms with Crippen LogP contribution < -0.4 is 20.3 Å². The molecule has 1 heterocycles. The zero-order chi connectivity index (χ0) is 22.5. The van der Waals surface area contributed by atoms with Gasteiger partial charge in [0.2, 0.25) is 11.8 Å². The van der Waals surface area contributed by atoms with Gasteiger partial charge in [-0.15, -0.1) is 0 Å². The van der Waals surface area contributed by atoms with Crippen LogP contribution in [0.5, 0.6) is 5.75 Å². The number of ether oxygens (including phenoxy) is 1. The number of nitrogens with zero attached hydrogens (tertiary/aromatic N) is 1. The number of benzene rings is 2. The molecule has 1 fully saturated rings. The third kappa shape index (κ3) is 5.17. The van der Waals surface area contributed by atoms with Gasteiger partial charge in [-0.2, -0.15) is 0 Å². The molecule has 3 amide bonds. The fourth-order valence-electron chi connectivity index (χ4n) is 3.50. The summed E-state index contributed by atoms with van der Waals surface area (Å²) in [6.45, 7) is 4.34. The topological polar surface area (TPSA) is 87.7 Å². The number of amides is 3. The summed E-state index contributed by atoms with van der Waals surface area (Å²) < 4.78 is 5.44. The SMILES string of the molecule is COc1cc(NC(=O)C(NC(=O)c2ccccc2Cl)C(C)C)ccc1N1CCCC1=O. The number of halogens is 1. The summed E-state index contributed by atoms with van der Waals surface area (Å²) in [5.74, 6) is -0.385. The zero-order valence-corrected chi connectivity index (χ0v) is 18.5. The van der Waals surface area contributed by atoms with Crippen molar-refractivity contribution in [2.24, 2.45) is 5.92 Å². The molecule has 164 valence electrons. The Bertz CT molecular complexity index is 993. The molecule has 0 radical (unpaired) electrons. The predicted molar refractivity (Wildman–Crippen MR) is 121 cm³/mol. The molecule has 31 heavy (non-hydrogen) atoms. The average Bonchev–Trinajstić information content (AvgIpc) is 3.17. The summed E-state index contributed by atoms with van der Waals surface area (Å²) in [5, 5.41) is 5.91. The molecular formula is C23H26ClN3O4. The number of methoxy groups -OCH3 is 1. The van der Waals surface area contributed by atoms with E-state index in [2.05, 4.69) is 10.6 Å². The van der Waals surface area contributed by atoms with Gasteiger partial charge >= 0.3 is 0 Å². The highest BCUT2D eigenvalue weighted by Crippen LogP contribution is 2.34. The van der Waals surface area contributed by atoms with Crippen LogP contribution in [0.3, 0.4) is 0 Å². The molecule has 1 unspecified atom stereocenters. The largest absolute Gasteiger partial charge is 0.494 e. The molecule has 2 aromatic carbocycles. The summed E-state index contributed by atoms with van der Waals surface area (Å²) in [4.78, 5) is 39.3. The minimum Gasteiger partial charge on any atom is -0.494 e. The lowest BCUT2D eigenvalue weighted by atomic mass is 10.0. The lowest BCUT2D eigenvalue weighted by Crippen LogP contribution is -2.47. The summed E-state index contributed by atoms with van der Waals surface area (Å²) in [6.07, 6.45) is 1.32. The van der Waals surface area contributed by atoms with Crippen molar-refractivity contribution in [3.05, 3.63) is 53.1 Å². The van der Waals surface area contributed by atoms with Crippen LogP contribution in [0.25, 0.3) is 0 Å². The number of carbonyl (C=O) groups is 3. The molecule has 1 aliphatic rings. The van der Waals surface area contributed by atoms with Crippen LogP contribution in [-0.2, 0) is 9.59 Å². The Morgan fingerprint density at radius 1 is 1.16 bits per heavy atom. The molecule has 0 aromatic heterocycles. The summed E-state index contributed by atoms with van der Waals surface area (Å²) in [5.41, 5.74) is 1.49. The number of hydrogen-bond donors (Lipinski definition) is 2. The van der Waals surface area contributed by atoms with Gasteiger partial charge < -0.3 is 20.3 Å². The molecule has 1 aliphatic heterocycles. The quantitative estimate of drug-likeness (QED) is 0.680. The highest BCUT2D eigenvalue weighted by atomic mass is 35.5. The third-order valence-corrected chi connectivity index (χ3v) is 5.50. The van der Waals surface area contributed by atoms with Crippen molar-refractivity contribution in [2.75, 3.05) is 23.9 Å². The Balaban J connectivity index is 1.75. The second-order valence-corrected chi connectivity index (χ2v) is 8.11. The number of anilines is 2. The monoisotopic (exact) mass is 443 g/mol. The van der Waals surface area contributed by atoms with Crippen molar-refractivity contribution >= 4 is 40.7 Å². The number of nitrogens with one attached hydrogen (secondary N) is 2. The number of rotatable bonds is 7. The number of hydrogen-bond acceptors (Lipinski definition) is 4. The molecule has 8 heteroatoms. The second kappa shape index (κ2) is 9.83. The summed E-state index contributed by atoms with van der Waals surface area (Å²) >= 11 is 6.10. The molecule has 1 atom stereocenters. The van der Waals surface area contributed by atoms with Gasteiger partial charge in [0, 0.05) is 24.7 Å². The van der Waals surface area contributed by atoms with Crippen LogP contribution in [0.15, 0.2) is 42.5 Å². The van der Waals surface area contributed by atoms with Crippen molar-refractivity contribution in [2.45, 2.75) is 32.7 Å². The molecule has 2 aromatic rings. The van der Waals surface area contributed by atoms with E-state index < -0.39 is 11.9 Å². The van der Waals surface area contributed by atoms with Gasteiger partial charge in [-0.3, -0.25) is 14.4 Å². The Morgan fingerprint density at radius 2 is 1.90 bits per heavy atom. The van der Waals surface area contributed by atoms with Crippen LogP contribution in [0, 0.1) is 5.92 Å². The third-order valence-electron chi connectivity index (χ3n) is 5.17. The first-order valence-corrected chi connectivity index (χ1v) is 10.5. The van der Waals surface area contributed by atoms with Crippen molar-refractivity contribution in [1.82, 2.24) is 5.32 Å². The van der Waals surface area contributed by atoms with E-state index >= 15 is 0 Å². The minimum absolute atomic E-state index is 0.0530. The summed E-state index contributed by atoms with van der Waals surface area (Å²) in [7, 11) is 1.52. The molecule has 0 aliphatic carbocycles. The standard InChI is InChI=1S/C23H26ClN3O4/c1-14(2)21(26-22(29)16-7-4-5-8-17(16)24)23(30)25-15-10-11-18(19(13-15)31-3)27-12-6-9-20(27)28/h4-5,7-8,10-11,13-14,21H,6,9,12H2,1-3H3,(H,25,30)(H,26,29).